The van der Waals surface area contributed by atoms with Crippen LogP contribution in [0.25, 0.3) is 0 Å². The van der Waals surface area contributed by atoms with Gasteiger partial charge in [-0.3, -0.25) is 0 Å². The van der Waals surface area contributed by atoms with Crippen molar-refractivity contribution in [3.63, 3.8) is 0 Å². The third-order valence-corrected chi connectivity index (χ3v) is 2.63. The lowest BCUT2D eigenvalue weighted by Crippen LogP contribution is -2.22. The van der Waals surface area contributed by atoms with Crippen LogP contribution in [0.15, 0.2) is 18.2 Å². The highest BCUT2D eigenvalue weighted by Crippen LogP contribution is 2.10. The fourth-order valence-electron chi connectivity index (χ4n) is 1.19. The largest absolute Gasteiger partial charge is 0.312 e. The first kappa shape index (κ1) is 12.4. The summed E-state index contributed by atoms with van der Waals surface area (Å²) in [6.07, 6.45) is 0. The van der Waals surface area contributed by atoms with Gasteiger partial charge < -0.3 is 5.32 Å². The van der Waals surface area contributed by atoms with Crippen molar-refractivity contribution >= 4 is 11.6 Å². The Hall–Kier alpha value is -0.670. The molecule has 0 radical (unpaired) electrons. The van der Waals surface area contributed by atoms with Crippen LogP contribution in [0.4, 0.5) is 8.78 Å². The molecule has 1 nitrogen and oxygen atoms in total. The summed E-state index contributed by atoms with van der Waals surface area (Å²) in [6, 6.07) is 4.18. The Balaban J connectivity index is 2.47. The average Bonchev–Trinajstić information content (AvgIpc) is 2.24. The Labute approximate surface area is 93.4 Å². The van der Waals surface area contributed by atoms with Crippen LogP contribution in [-0.2, 0) is 6.54 Å². The van der Waals surface area contributed by atoms with Gasteiger partial charge in [-0.2, -0.15) is 0 Å². The highest BCUT2D eigenvalue weighted by molar-refractivity contribution is 6.18. The lowest BCUT2D eigenvalue weighted by molar-refractivity contribution is 0.486. The molecule has 0 spiro atoms. The van der Waals surface area contributed by atoms with Crippen molar-refractivity contribution in [2.24, 2.45) is 5.92 Å². The second kappa shape index (κ2) is 6.03. The van der Waals surface area contributed by atoms with Crippen molar-refractivity contribution in [1.29, 1.82) is 0 Å². The van der Waals surface area contributed by atoms with Crippen LogP contribution in [0.3, 0.4) is 0 Å². The number of nitrogens with one attached hydrogen (secondary N) is 1. The molecule has 4 heteroatoms. The molecular formula is C11H14ClF2N. The SMILES string of the molecule is CC(CCl)CNCc1cccc(F)c1F. The summed E-state index contributed by atoms with van der Waals surface area (Å²) in [5, 5.41) is 3.03. The van der Waals surface area contributed by atoms with E-state index in [1.54, 1.807) is 6.07 Å². The fourth-order valence-corrected chi connectivity index (χ4v) is 1.30. The minimum Gasteiger partial charge on any atom is -0.312 e. The van der Waals surface area contributed by atoms with Gasteiger partial charge in [0.1, 0.15) is 0 Å². The number of halogens is 3. The first-order valence-corrected chi connectivity index (χ1v) is 5.38. The van der Waals surface area contributed by atoms with Gasteiger partial charge in [-0.15, -0.1) is 11.6 Å². The average molecular weight is 234 g/mol. The molecule has 84 valence electrons. The van der Waals surface area contributed by atoms with Gasteiger partial charge >= 0.3 is 0 Å². The predicted octanol–water partition coefficient (Wildman–Crippen LogP) is 2.93. The maximum absolute atomic E-state index is 13.2. The smallest absolute Gasteiger partial charge is 0.163 e. The third kappa shape index (κ3) is 3.76. The molecule has 0 heterocycles. The molecule has 0 saturated carbocycles. The summed E-state index contributed by atoms with van der Waals surface area (Å²) in [6.45, 7) is 3.01. The van der Waals surface area contributed by atoms with Crippen molar-refractivity contribution < 1.29 is 8.78 Å². The van der Waals surface area contributed by atoms with Gasteiger partial charge in [0.15, 0.2) is 11.6 Å². The zero-order valence-corrected chi connectivity index (χ0v) is 9.32. The van der Waals surface area contributed by atoms with Crippen molar-refractivity contribution in [2.45, 2.75) is 13.5 Å². The highest BCUT2D eigenvalue weighted by atomic mass is 35.5. The minimum atomic E-state index is -0.806. The Morgan fingerprint density at radius 1 is 1.40 bits per heavy atom. The van der Waals surface area contributed by atoms with E-state index in [0.29, 0.717) is 30.5 Å². The van der Waals surface area contributed by atoms with Gasteiger partial charge in [0.2, 0.25) is 0 Å². The number of rotatable bonds is 5. The van der Waals surface area contributed by atoms with E-state index in [1.165, 1.54) is 6.07 Å². The molecule has 0 amide bonds. The summed E-state index contributed by atoms with van der Waals surface area (Å²) in [5.41, 5.74) is 0.344. The molecule has 1 aromatic rings. The highest BCUT2D eigenvalue weighted by Gasteiger charge is 2.07. The summed E-state index contributed by atoms with van der Waals surface area (Å²) in [4.78, 5) is 0. The van der Waals surface area contributed by atoms with Crippen molar-refractivity contribution in [1.82, 2.24) is 5.32 Å². The van der Waals surface area contributed by atoms with E-state index in [-0.39, 0.29) is 0 Å². The van der Waals surface area contributed by atoms with Gasteiger partial charge in [-0.1, -0.05) is 19.1 Å². The molecule has 0 fully saturated rings. The number of hydrogen-bond acceptors (Lipinski definition) is 1. The monoisotopic (exact) mass is 233 g/mol. The summed E-state index contributed by atoms with van der Waals surface area (Å²) in [7, 11) is 0. The topological polar surface area (TPSA) is 12.0 Å². The zero-order valence-electron chi connectivity index (χ0n) is 8.56. The normalized spacial score (nSPS) is 12.8. The van der Waals surface area contributed by atoms with E-state index < -0.39 is 11.6 Å². The molecule has 15 heavy (non-hydrogen) atoms. The quantitative estimate of drug-likeness (QED) is 0.772. The zero-order chi connectivity index (χ0) is 11.3. The van der Waals surface area contributed by atoms with E-state index in [9.17, 15) is 8.78 Å². The Bertz CT molecular complexity index is 317. The molecular weight excluding hydrogens is 220 g/mol. The molecule has 0 bridgehead atoms. The maximum Gasteiger partial charge on any atom is 0.163 e. The van der Waals surface area contributed by atoms with Crippen LogP contribution >= 0.6 is 11.6 Å². The second-order valence-electron chi connectivity index (χ2n) is 3.60. The number of hydrogen-bond donors (Lipinski definition) is 1. The third-order valence-electron chi connectivity index (χ3n) is 2.10. The molecule has 1 aromatic carbocycles. The van der Waals surface area contributed by atoms with Crippen molar-refractivity contribution in [3.8, 4) is 0 Å². The van der Waals surface area contributed by atoms with E-state index in [1.807, 2.05) is 6.92 Å². The van der Waals surface area contributed by atoms with Gasteiger partial charge in [0.25, 0.3) is 0 Å². The minimum absolute atomic E-state index is 0.322. The van der Waals surface area contributed by atoms with E-state index in [2.05, 4.69) is 5.32 Å². The molecule has 0 aliphatic rings. The van der Waals surface area contributed by atoms with Crippen LogP contribution in [0.1, 0.15) is 12.5 Å². The van der Waals surface area contributed by atoms with Gasteiger partial charge in [-0.25, -0.2) is 8.78 Å². The standard InChI is InChI=1S/C11H14ClF2N/c1-8(5-12)6-15-7-9-3-2-4-10(13)11(9)14/h2-4,8,15H,5-7H2,1H3. The molecule has 1 rings (SSSR count). The predicted molar refractivity (Wildman–Crippen MR) is 57.9 cm³/mol. The Morgan fingerprint density at radius 3 is 2.80 bits per heavy atom. The van der Waals surface area contributed by atoms with E-state index in [0.717, 1.165) is 6.07 Å². The first-order valence-electron chi connectivity index (χ1n) is 4.84. The number of alkyl halides is 1. The summed E-state index contributed by atoms with van der Waals surface area (Å²) in [5.74, 6) is -0.704. The van der Waals surface area contributed by atoms with Crippen LogP contribution in [-0.4, -0.2) is 12.4 Å². The van der Waals surface area contributed by atoms with Gasteiger partial charge in [-0.05, 0) is 18.5 Å². The van der Waals surface area contributed by atoms with Gasteiger partial charge in [0.05, 0.1) is 0 Å². The Morgan fingerprint density at radius 2 is 2.13 bits per heavy atom. The van der Waals surface area contributed by atoms with Crippen LogP contribution in [0, 0.1) is 17.6 Å². The molecule has 1 N–H and O–H groups in total. The summed E-state index contributed by atoms with van der Waals surface area (Å²) < 4.78 is 26.0. The molecule has 1 unspecified atom stereocenters. The van der Waals surface area contributed by atoms with Crippen molar-refractivity contribution in [3.05, 3.63) is 35.4 Å². The molecule has 0 aromatic heterocycles. The number of benzene rings is 1. The first-order chi connectivity index (χ1) is 7.15. The molecule has 0 aliphatic carbocycles. The molecule has 0 saturated heterocycles. The molecule has 1 atom stereocenters. The Kier molecular flexibility index (Phi) is 4.99. The van der Waals surface area contributed by atoms with Crippen molar-refractivity contribution in [2.75, 3.05) is 12.4 Å². The second-order valence-corrected chi connectivity index (χ2v) is 3.91. The van der Waals surface area contributed by atoms with E-state index in [4.69, 9.17) is 11.6 Å². The van der Waals surface area contributed by atoms with Gasteiger partial charge in [0, 0.05) is 18.0 Å². The van der Waals surface area contributed by atoms with Crippen LogP contribution in [0.5, 0.6) is 0 Å². The van der Waals surface area contributed by atoms with Crippen LogP contribution < -0.4 is 5.32 Å². The van der Waals surface area contributed by atoms with Crippen LogP contribution in [0.2, 0.25) is 0 Å². The lowest BCUT2D eigenvalue weighted by atomic mass is 10.2. The maximum atomic E-state index is 13.2. The van der Waals surface area contributed by atoms with E-state index >= 15 is 0 Å². The fraction of sp³-hybridized carbons (Fsp3) is 0.455. The molecule has 0 aliphatic heterocycles. The lowest BCUT2D eigenvalue weighted by Gasteiger charge is -2.09. The summed E-state index contributed by atoms with van der Waals surface area (Å²) >= 11 is 5.62.